The van der Waals surface area contributed by atoms with Gasteiger partial charge in [-0.05, 0) is 68.3 Å². The van der Waals surface area contributed by atoms with E-state index in [1.54, 1.807) is 12.1 Å². The molecule has 0 saturated heterocycles. The largest absolute Gasteiger partial charge is 0.480 e. The second kappa shape index (κ2) is 16.6. The summed E-state index contributed by atoms with van der Waals surface area (Å²) in [5.74, 6) is 5.00. The standard InChI is InChI=1S/C29H37ClN2O3/c1-23(29(34)35)32-28(33)25-16-20-27(21-17-25)31-22-12-10-8-6-4-2-3-5-7-9-11-13-24-14-18-26(30)19-15-24/h14-21,23,31H,2-10,12,22H2,1H3,(H,32,33)(H,34,35)/t23-/m0/s1. The Morgan fingerprint density at radius 1 is 0.857 bits per heavy atom. The number of carboxylic acids is 1. The van der Waals surface area contributed by atoms with E-state index >= 15 is 0 Å². The number of benzene rings is 2. The predicted molar refractivity (Wildman–Crippen MR) is 144 cm³/mol. The molecule has 1 amide bonds. The number of amides is 1. The van der Waals surface area contributed by atoms with Crippen LogP contribution in [0.5, 0.6) is 0 Å². The molecule has 3 N–H and O–H groups in total. The summed E-state index contributed by atoms with van der Waals surface area (Å²) in [6.07, 6.45) is 12.1. The van der Waals surface area contributed by atoms with Gasteiger partial charge < -0.3 is 15.7 Å². The molecule has 5 nitrogen and oxygen atoms in total. The topological polar surface area (TPSA) is 78.4 Å². The lowest BCUT2D eigenvalue weighted by atomic mass is 10.1. The first-order chi connectivity index (χ1) is 17.0. The third kappa shape index (κ3) is 12.3. The molecule has 0 spiro atoms. The lowest BCUT2D eigenvalue weighted by Crippen LogP contribution is -2.38. The number of rotatable bonds is 15. The second-order valence-corrected chi connectivity index (χ2v) is 9.21. The van der Waals surface area contributed by atoms with Crippen LogP contribution in [-0.2, 0) is 4.79 Å². The van der Waals surface area contributed by atoms with Gasteiger partial charge in [-0.15, -0.1) is 0 Å². The Kier molecular flexibility index (Phi) is 13.4. The summed E-state index contributed by atoms with van der Waals surface area (Å²) in [6, 6.07) is 13.9. The normalized spacial score (nSPS) is 11.3. The van der Waals surface area contributed by atoms with Crippen LogP contribution in [0.3, 0.4) is 0 Å². The Hall–Kier alpha value is -2.97. The molecule has 188 valence electrons. The summed E-state index contributed by atoms with van der Waals surface area (Å²) in [5.41, 5.74) is 2.44. The van der Waals surface area contributed by atoms with E-state index in [-0.39, 0.29) is 5.91 Å². The molecule has 2 aromatic rings. The van der Waals surface area contributed by atoms with Gasteiger partial charge in [-0.1, -0.05) is 68.4 Å². The molecular formula is C29H37ClN2O3. The molecular weight excluding hydrogens is 460 g/mol. The van der Waals surface area contributed by atoms with Crippen LogP contribution in [0, 0.1) is 11.8 Å². The summed E-state index contributed by atoms with van der Waals surface area (Å²) in [7, 11) is 0. The Morgan fingerprint density at radius 3 is 2.03 bits per heavy atom. The highest BCUT2D eigenvalue weighted by molar-refractivity contribution is 6.30. The van der Waals surface area contributed by atoms with Crippen LogP contribution >= 0.6 is 11.6 Å². The van der Waals surface area contributed by atoms with E-state index in [1.165, 1.54) is 58.3 Å². The highest BCUT2D eigenvalue weighted by Crippen LogP contribution is 2.13. The van der Waals surface area contributed by atoms with E-state index in [4.69, 9.17) is 16.7 Å². The van der Waals surface area contributed by atoms with Gasteiger partial charge in [-0.25, -0.2) is 0 Å². The van der Waals surface area contributed by atoms with Crippen LogP contribution in [0.25, 0.3) is 0 Å². The Bertz CT molecular complexity index is 962. The van der Waals surface area contributed by atoms with Crippen molar-refractivity contribution in [2.24, 2.45) is 0 Å². The van der Waals surface area contributed by atoms with E-state index < -0.39 is 12.0 Å². The van der Waals surface area contributed by atoms with Crippen LogP contribution in [0.4, 0.5) is 5.69 Å². The lowest BCUT2D eigenvalue weighted by Gasteiger charge is -2.10. The van der Waals surface area contributed by atoms with Crippen molar-refractivity contribution in [1.29, 1.82) is 0 Å². The predicted octanol–water partition coefficient (Wildman–Crippen LogP) is 6.91. The molecule has 0 unspecified atom stereocenters. The van der Waals surface area contributed by atoms with E-state index in [2.05, 4.69) is 22.5 Å². The minimum absolute atomic E-state index is 0.380. The van der Waals surface area contributed by atoms with Crippen molar-refractivity contribution in [3.8, 4) is 11.8 Å². The summed E-state index contributed by atoms with van der Waals surface area (Å²) < 4.78 is 0. The number of anilines is 1. The summed E-state index contributed by atoms with van der Waals surface area (Å²) in [5, 5.41) is 15.4. The Morgan fingerprint density at radius 2 is 1.43 bits per heavy atom. The molecule has 0 heterocycles. The lowest BCUT2D eigenvalue weighted by molar-refractivity contribution is -0.138. The van der Waals surface area contributed by atoms with E-state index in [9.17, 15) is 9.59 Å². The number of hydrogen-bond donors (Lipinski definition) is 3. The number of halogens is 1. The minimum Gasteiger partial charge on any atom is -0.480 e. The number of aliphatic carboxylic acids is 1. The monoisotopic (exact) mass is 496 g/mol. The highest BCUT2D eigenvalue weighted by atomic mass is 35.5. The van der Waals surface area contributed by atoms with Crippen molar-refractivity contribution in [3.63, 3.8) is 0 Å². The Labute approximate surface area is 214 Å². The fourth-order valence-corrected chi connectivity index (χ4v) is 3.71. The molecule has 6 heteroatoms. The molecule has 0 bridgehead atoms. The molecule has 0 fully saturated rings. The molecule has 0 aromatic heterocycles. The van der Waals surface area contributed by atoms with Crippen molar-refractivity contribution < 1.29 is 14.7 Å². The van der Waals surface area contributed by atoms with Crippen molar-refractivity contribution in [2.75, 3.05) is 11.9 Å². The number of unbranched alkanes of at least 4 members (excludes halogenated alkanes) is 9. The quantitative estimate of drug-likeness (QED) is 0.185. The third-order valence-corrected chi connectivity index (χ3v) is 6.00. The molecule has 0 aliphatic heterocycles. The van der Waals surface area contributed by atoms with Crippen LogP contribution in [0.2, 0.25) is 5.02 Å². The average molecular weight is 497 g/mol. The first-order valence-corrected chi connectivity index (χ1v) is 13.0. The van der Waals surface area contributed by atoms with Gasteiger partial charge in [0.1, 0.15) is 6.04 Å². The van der Waals surface area contributed by atoms with Gasteiger partial charge in [0, 0.05) is 34.8 Å². The minimum atomic E-state index is -1.05. The smallest absolute Gasteiger partial charge is 0.325 e. The molecule has 0 aliphatic carbocycles. The third-order valence-electron chi connectivity index (χ3n) is 5.75. The number of carboxylic acid groups (broad SMARTS) is 1. The van der Waals surface area contributed by atoms with Crippen molar-refractivity contribution in [3.05, 3.63) is 64.7 Å². The molecule has 2 aromatic carbocycles. The first kappa shape index (κ1) is 28.3. The summed E-state index contributed by atoms with van der Waals surface area (Å²) in [4.78, 5) is 22.8. The van der Waals surface area contributed by atoms with E-state index in [0.29, 0.717) is 5.56 Å². The van der Waals surface area contributed by atoms with Gasteiger partial charge in [0.2, 0.25) is 0 Å². The van der Waals surface area contributed by atoms with Gasteiger partial charge in [0.25, 0.3) is 5.91 Å². The van der Waals surface area contributed by atoms with E-state index in [0.717, 1.165) is 35.7 Å². The van der Waals surface area contributed by atoms with Crippen LogP contribution < -0.4 is 10.6 Å². The maximum atomic E-state index is 12.0. The second-order valence-electron chi connectivity index (χ2n) is 8.78. The SMILES string of the molecule is C[C@H](NC(=O)c1ccc(NCCCCCCCCCCCC#Cc2ccc(Cl)cc2)cc1)C(=O)O. The molecule has 0 radical (unpaired) electrons. The average Bonchev–Trinajstić information content (AvgIpc) is 2.85. The van der Waals surface area contributed by atoms with Crippen LogP contribution in [0.15, 0.2) is 48.5 Å². The molecule has 1 atom stereocenters. The maximum absolute atomic E-state index is 12.0. The molecule has 0 saturated carbocycles. The van der Waals surface area contributed by atoms with Gasteiger partial charge >= 0.3 is 5.97 Å². The molecule has 2 rings (SSSR count). The van der Waals surface area contributed by atoms with Crippen LogP contribution in [0.1, 0.15) is 87.1 Å². The number of nitrogens with one attached hydrogen (secondary N) is 2. The first-order valence-electron chi connectivity index (χ1n) is 12.6. The maximum Gasteiger partial charge on any atom is 0.325 e. The molecule has 35 heavy (non-hydrogen) atoms. The summed E-state index contributed by atoms with van der Waals surface area (Å²) >= 11 is 5.88. The zero-order valence-corrected chi connectivity index (χ0v) is 21.4. The van der Waals surface area contributed by atoms with Crippen molar-refractivity contribution >= 4 is 29.2 Å². The number of hydrogen-bond acceptors (Lipinski definition) is 3. The highest BCUT2D eigenvalue weighted by Gasteiger charge is 2.14. The van der Waals surface area contributed by atoms with Crippen molar-refractivity contribution in [2.45, 2.75) is 77.2 Å². The zero-order chi connectivity index (χ0) is 25.3. The fourth-order valence-electron chi connectivity index (χ4n) is 3.59. The number of carbonyl (C=O) groups excluding carboxylic acids is 1. The zero-order valence-electron chi connectivity index (χ0n) is 20.6. The molecule has 0 aliphatic rings. The summed E-state index contributed by atoms with van der Waals surface area (Å²) in [6.45, 7) is 2.34. The Balaban J connectivity index is 1.42. The fraction of sp³-hybridized carbons (Fsp3) is 0.448. The van der Waals surface area contributed by atoms with E-state index in [1.807, 2.05) is 36.4 Å². The van der Waals surface area contributed by atoms with Crippen molar-refractivity contribution in [1.82, 2.24) is 5.32 Å². The van der Waals surface area contributed by atoms with Gasteiger partial charge in [-0.3, -0.25) is 9.59 Å². The number of carbonyl (C=O) groups is 2. The van der Waals surface area contributed by atoms with Gasteiger partial charge in [-0.2, -0.15) is 0 Å². The van der Waals surface area contributed by atoms with Gasteiger partial charge in [0.15, 0.2) is 0 Å². The van der Waals surface area contributed by atoms with Gasteiger partial charge in [0.05, 0.1) is 0 Å². The van der Waals surface area contributed by atoms with Crippen LogP contribution in [-0.4, -0.2) is 29.6 Å².